The minimum absolute atomic E-state index is 0.0953. The van der Waals surface area contributed by atoms with Crippen LogP contribution in [0.25, 0.3) is 0 Å². The zero-order valence-corrected chi connectivity index (χ0v) is 9.66. The van der Waals surface area contributed by atoms with E-state index < -0.39 is 37.7 Å². The van der Waals surface area contributed by atoms with Gasteiger partial charge in [-0.1, -0.05) is 18.2 Å². The first kappa shape index (κ1) is 5.29. The van der Waals surface area contributed by atoms with Gasteiger partial charge in [0.05, 0.1) is 13.2 Å². The van der Waals surface area contributed by atoms with Crippen LogP contribution in [0.4, 0.5) is 0 Å². The Morgan fingerprint density at radius 2 is 2.24 bits per heavy atom. The number of aryl methyl sites for hydroxylation is 1. The van der Waals surface area contributed by atoms with E-state index in [9.17, 15) is 5.11 Å². The second kappa shape index (κ2) is 5.52. The van der Waals surface area contributed by atoms with Crippen molar-refractivity contribution in [2.75, 3.05) is 20.1 Å². The van der Waals surface area contributed by atoms with Crippen molar-refractivity contribution in [1.29, 1.82) is 0 Å². The van der Waals surface area contributed by atoms with E-state index in [4.69, 9.17) is 17.1 Å². The van der Waals surface area contributed by atoms with Crippen LogP contribution in [0.5, 0.6) is 5.75 Å². The number of para-hydroxylation sites is 1. The lowest BCUT2D eigenvalue weighted by Gasteiger charge is -2.28. The Morgan fingerprint density at radius 3 is 2.88 bits per heavy atom. The second-order valence-electron chi connectivity index (χ2n) is 3.64. The van der Waals surface area contributed by atoms with Crippen molar-refractivity contribution in [3.63, 3.8) is 0 Å². The molecule has 1 saturated heterocycles. The summed E-state index contributed by atoms with van der Waals surface area (Å²) in [5.41, 5.74) is 0.414. The molecular formula is C14H21NO2. The monoisotopic (exact) mass is 244 g/mol. The quantitative estimate of drug-likeness (QED) is 0.855. The molecule has 3 nitrogen and oxygen atoms in total. The van der Waals surface area contributed by atoms with Crippen LogP contribution in [-0.2, 0) is 0 Å². The molecular weight excluding hydrogens is 214 g/mol. The van der Waals surface area contributed by atoms with Crippen molar-refractivity contribution in [3.8, 4) is 5.75 Å². The number of rotatable bonds is 3. The SMILES string of the molecule is [2H]C1([2H])NC([2H])([2H])C([2H])([2H])C([2H])(C(O)c2cccc(C)c2OC)C1([2H])[2H]. The van der Waals surface area contributed by atoms with Crippen molar-refractivity contribution in [3.05, 3.63) is 29.3 Å². The summed E-state index contributed by atoms with van der Waals surface area (Å²) >= 11 is 0. The molecule has 1 aliphatic rings. The molecule has 1 unspecified atom stereocenters. The number of benzene rings is 1. The minimum atomic E-state index is -3.30. The molecule has 94 valence electrons. The van der Waals surface area contributed by atoms with Crippen LogP contribution < -0.4 is 10.1 Å². The molecule has 0 amide bonds. The van der Waals surface area contributed by atoms with Gasteiger partial charge in [0.15, 0.2) is 0 Å². The van der Waals surface area contributed by atoms with E-state index in [2.05, 4.69) is 0 Å². The molecule has 1 heterocycles. The largest absolute Gasteiger partial charge is 0.496 e. The molecule has 0 bridgehead atoms. The van der Waals surface area contributed by atoms with E-state index in [-0.39, 0.29) is 11.3 Å². The van der Waals surface area contributed by atoms with Gasteiger partial charge in [-0.25, -0.2) is 0 Å². The fraction of sp³-hybridized carbons (Fsp3) is 0.571. The fourth-order valence-electron chi connectivity index (χ4n) is 1.72. The zero-order chi connectivity index (χ0) is 20.3. The van der Waals surface area contributed by atoms with Crippen LogP contribution >= 0.6 is 0 Å². The van der Waals surface area contributed by atoms with E-state index in [1.807, 2.05) is 0 Å². The average Bonchev–Trinajstić information content (AvgIpc) is 2.50. The van der Waals surface area contributed by atoms with Gasteiger partial charge < -0.3 is 15.2 Å². The van der Waals surface area contributed by atoms with E-state index in [0.29, 0.717) is 5.56 Å². The smallest absolute Gasteiger partial charge is 0.127 e. The number of hydrogen-bond donors (Lipinski definition) is 2. The van der Waals surface area contributed by atoms with E-state index in [1.165, 1.54) is 19.2 Å². The molecule has 1 aromatic rings. The van der Waals surface area contributed by atoms with Gasteiger partial charge in [-0.2, -0.15) is 0 Å². The van der Waals surface area contributed by atoms with Crippen molar-refractivity contribution < 1.29 is 22.2 Å². The highest BCUT2D eigenvalue weighted by molar-refractivity contribution is 5.42. The third kappa shape index (κ3) is 2.61. The Morgan fingerprint density at radius 1 is 1.53 bits per heavy atom. The van der Waals surface area contributed by atoms with Gasteiger partial charge in [-0.15, -0.1) is 0 Å². The summed E-state index contributed by atoms with van der Waals surface area (Å²) < 4.78 is 77.5. The summed E-state index contributed by atoms with van der Waals surface area (Å²) in [7, 11) is 1.29. The summed E-state index contributed by atoms with van der Waals surface area (Å²) in [6, 6.07) is 4.44. The van der Waals surface area contributed by atoms with E-state index in [1.54, 1.807) is 18.3 Å². The molecule has 0 radical (unpaired) electrons. The van der Waals surface area contributed by atoms with Gasteiger partial charge in [0.1, 0.15) is 5.75 Å². The van der Waals surface area contributed by atoms with Crippen LogP contribution in [0.2, 0.25) is 0 Å². The van der Waals surface area contributed by atoms with Gasteiger partial charge in [0.25, 0.3) is 0 Å². The number of hydrogen-bond acceptors (Lipinski definition) is 3. The van der Waals surface area contributed by atoms with Gasteiger partial charge in [0.2, 0.25) is 0 Å². The Bertz CT molecular complexity index is 682. The number of ether oxygens (including phenoxy) is 1. The summed E-state index contributed by atoms with van der Waals surface area (Å²) in [6.45, 7) is -4.61. The summed E-state index contributed by atoms with van der Waals surface area (Å²) in [4.78, 5) is 0. The molecule has 1 atom stereocenters. The molecule has 2 N–H and O–H groups in total. The number of aliphatic hydroxyl groups excluding tert-OH is 1. The third-order valence-corrected chi connectivity index (χ3v) is 2.53. The topological polar surface area (TPSA) is 41.5 Å². The lowest BCUT2D eigenvalue weighted by molar-refractivity contribution is 0.0864. The van der Waals surface area contributed by atoms with Crippen molar-refractivity contribution in [2.45, 2.75) is 25.8 Å². The molecule has 1 aromatic carbocycles. The van der Waals surface area contributed by atoms with Crippen molar-refractivity contribution in [1.82, 2.24) is 5.32 Å². The zero-order valence-electron chi connectivity index (χ0n) is 18.7. The molecule has 17 heavy (non-hydrogen) atoms. The molecule has 1 fully saturated rings. The highest BCUT2D eigenvalue weighted by Gasteiger charge is 2.25. The molecule has 0 spiro atoms. The Kier molecular flexibility index (Phi) is 1.72. The maximum absolute atomic E-state index is 10.9. The highest BCUT2D eigenvalue weighted by Crippen LogP contribution is 2.35. The first-order chi connectivity index (χ1) is 11.6. The predicted molar refractivity (Wildman–Crippen MR) is 68.3 cm³/mol. The summed E-state index contributed by atoms with van der Waals surface area (Å²) in [5, 5.41) is 12.5. The minimum Gasteiger partial charge on any atom is -0.496 e. The van der Waals surface area contributed by atoms with Gasteiger partial charge in [-0.3, -0.25) is 0 Å². The standard InChI is InChI=1S/C14H21NO2/c1-10-4-3-5-12(14(10)17-2)13(16)11-6-8-15-9-7-11/h3-5,11,13,15-16H,6-9H2,1-2H3/i6D2,7D2,8D2,9D2,11D. The van der Waals surface area contributed by atoms with Gasteiger partial charge in [0, 0.05) is 17.9 Å². The average molecular weight is 244 g/mol. The third-order valence-electron chi connectivity index (χ3n) is 2.53. The normalized spacial score (nSPS) is 40.5. The van der Waals surface area contributed by atoms with E-state index >= 15 is 0 Å². The molecule has 0 saturated carbocycles. The number of methoxy groups -OCH3 is 1. The van der Waals surface area contributed by atoms with Gasteiger partial charge in [-0.05, 0) is 44.1 Å². The highest BCUT2D eigenvalue weighted by atomic mass is 16.5. The van der Waals surface area contributed by atoms with Crippen LogP contribution in [0.1, 0.15) is 42.3 Å². The summed E-state index contributed by atoms with van der Waals surface area (Å²) in [6.07, 6.45) is -8.82. The molecule has 1 aliphatic heterocycles. The molecule has 0 aromatic heterocycles. The Balaban J connectivity index is 2.79. The first-order valence-electron chi connectivity index (χ1n) is 9.69. The Labute approximate surface area is 115 Å². The molecule has 2 rings (SSSR count). The number of piperidine rings is 1. The van der Waals surface area contributed by atoms with Crippen LogP contribution in [-0.4, -0.2) is 25.2 Å². The lowest BCUT2D eigenvalue weighted by Crippen LogP contribution is -2.31. The number of aliphatic hydroxyl groups is 1. The summed E-state index contributed by atoms with van der Waals surface area (Å²) in [5.74, 6) is -3.14. The van der Waals surface area contributed by atoms with E-state index in [0.717, 1.165) is 0 Å². The van der Waals surface area contributed by atoms with Crippen LogP contribution in [0, 0.1) is 12.8 Å². The predicted octanol–water partition coefficient (Wildman–Crippen LogP) is 2.04. The Hall–Kier alpha value is -1.06. The van der Waals surface area contributed by atoms with Crippen LogP contribution in [0.15, 0.2) is 18.2 Å². The second-order valence-corrected chi connectivity index (χ2v) is 3.64. The van der Waals surface area contributed by atoms with Crippen molar-refractivity contribution >= 4 is 0 Å². The lowest BCUT2D eigenvalue weighted by atomic mass is 9.87. The van der Waals surface area contributed by atoms with Crippen molar-refractivity contribution in [2.24, 2.45) is 5.89 Å². The molecule has 3 heteroatoms. The fourth-order valence-corrected chi connectivity index (χ4v) is 1.72. The molecule has 0 aliphatic carbocycles. The first-order valence-corrected chi connectivity index (χ1v) is 5.19. The van der Waals surface area contributed by atoms with Gasteiger partial charge >= 0.3 is 0 Å². The number of nitrogens with one attached hydrogen (secondary N) is 1. The maximum atomic E-state index is 10.9. The van der Waals surface area contributed by atoms with Crippen LogP contribution in [0.3, 0.4) is 0 Å². The maximum Gasteiger partial charge on any atom is 0.127 e.